The van der Waals surface area contributed by atoms with Gasteiger partial charge in [0.1, 0.15) is 0 Å². The lowest BCUT2D eigenvalue weighted by atomic mass is 9.83. The molecular weight excluding hydrogens is 172 g/mol. The van der Waals surface area contributed by atoms with E-state index in [1.54, 1.807) is 0 Å². The van der Waals surface area contributed by atoms with Gasteiger partial charge in [0, 0.05) is 13.1 Å². The maximum absolute atomic E-state index is 3.65. The summed E-state index contributed by atoms with van der Waals surface area (Å²) in [6.45, 7) is 9.62. The third-order valence-corrected chi connectivity index (χ3v) is 3.92. The van der Waals surface area contributed by atoms with Crippen molar-refractivity contribution in [2.45, 2.75) is 33.1 Å². The number of hydrogen-bond acceptors (Lipinski definition) is 2. The minimum atomic E-state index is 0.510. The van der Waals surface area contributed by atoms with Gasteiger partial charge in [0.2, 0.25) is 0 Å². The molecule has 0 aromatic heterocycles. The molecule has 0 aromatic carbocycles. The van der Waals surface area contributed by atoms with E-state index in [-0.39, 0.29) is 0 Å². The Morgan fingerprint density at radius 3 is 2.86 bits per heavy atom. The Labute approximate surface area is 87.8 Å². The third kappa shape index (κ3) is 2.71. The summed E-state index contributed by atoms with van der Waals surface area (Å²) < 4.78 is 0. The molecule has 0 aromatic rings. The van der Waals surface area contributed by atoms with E-state index in [1.807, 2.05) is 0 Å². The first-order valence-electron chi connectivity index (χ1n) is 6.11. The zero-order valence-corrected chi connectivity index (χ0v) is 9.60. The fourth-order valence-corrected chi connectivity index (χ4v) is 2.51. The summed E-state index contributed by atoms with van der Waals surface area (Å²) in [5.41, 5.74) is 0.510. The highest BCUT2D eigenvalue weighted by molar-refractivity contribution is 4.87. The molecule has 2 N–H and O–H groups in total. The van der Waals surface area contributed by atoms with Crippen LogP contribution in [0.25, 0.3) is 0 Å². The summed E-state index contributed by atoms with van der Waals surface area (Å²) in [6.07, 6.45) is 4.17. The predicted octanol–water partition coefficient (Wildman–Crippen LogP) is 1.62. The monoisotopic (exact) mass is 196 g/mol. The molecule has 2 aliphatic rings. The average molecular weight is 196 g/mol. The summed E-state index contributed by atoms with van der Waals surface area (Å²) in [6, 6.07) is 0. The van der Waals surface area contributed by atoms with Crippen LogP contribution in [0.5, 0.6) is 0 Å². The van der Waals surface area contributed by atoms with Crippen LogP contribution in [0.4, 0.5) is 0 Å². The molecule has 1 aliphatic heterocycles. The van der Waals surface area contributed by atoms with Crippen LogP contribution in [0.15, 0.2) is 0 Å². The molecule has 1 saturated heterocycles. The molecule has 1 heterocycles. The lowest BCUT2D eigenvalue weighted by molar-refractivity contribution is 0.226. The second-order valence-electron chi connectivity index (χ2n) is 5.69. The van der Waals surface area contributed by atoms with Crippen molar-refractivity contribution in [3.8, 4) is 0 Å². The number of nitrogens with one attached hydrogen (secondary N) is 2. The summed E-state index contributed by atoms with van der Waals surface area (Å²) in [7, 11) is 0. The van der Waals surface area contributed by atoms with Crippen LogP contribution in [0.1, 0.15) is 33.1 Å². The van der Waals surface area contributed by atoms with Crippen molar-refractivity contribution < 1.29 is 0 Å². The Morgan fingerprint density at radius 1 is 1.50 bits per heavy atom. The molecule has 0 spiro atoms. The smallest absolute Gasteiger partial charge is 0.00174 e. The van der Waals surface area contributed by atoms with Crippen LogP contribution in [-0.4, -0.2) is 26.2 Å². The molecule has 2 heteroatoms. The van der Waals surface area contributed by atoms with Gasteiger partial charge in [-0.3, -0.25) is 0 Å². The van der Waals surface area contributed by atoms with Gasteiger partial charge in [-0.15, -0.1) is 0 Å². The van der Waals surface area contributed by atoms with E-state index >= 15 is 0 Å². The summed E-state index contributed by atoms with van der Waals surface area (Å²) in [4.78, 5) is 0. The largest absolute Gasteiger partial charge is 0.316 e. The summed E-state index contributed by atoms with van der Waals surface area (Å²) in [5, 5.41) is 7.15. The molecule has 3 unspecified atom stereocenters. The summed E-state index contributed by atoms with van der Waals surface area (Å²) in [5.74, 6) is 1.97. The van der Waals surface area contributed by atoms with Crippen molar-refractivity contribution in [1.29, 1.82) is 0 Å². The van der Waals surface area contributed by atoms with Crippen LogP contribution in [-0.2, 0) is 0 Å². The van der Waals surface area contributed by atoms with Gasteiger partial charge < -0.3 is 10.6 Å². The zero-order valence-electron chi connectivity index (χ0n) is 9.60. The van der Waals surface area contributed by atoms with Crippen molar-refractivity contribution in [2.24, 2.45) is 17.3 Å². The van der Waals surface area contributed by atoms with Gasteiger partial charge in [0.15, 0.2) is 0 Å². The Kier molecular flexibility index (Phi) is 3.13. The van der Waals surface area contributed by atoms with Crippen LogP contribution in [0.3, 0.4) is 0 Å². The second-order valence-corrected chi connectivity index (χ2v) is 5.69. The first kappa shape index (κ1) is 10.4. The van der Waals surface area contributed by atoms with Crippen molar-refractivity contribution in [3.05, 3.63) is 0 Å². The Balaban J connectivity index is 1.63. The van der Waals surface area contributed by atoms with Gasteiger partial charge in [-0.25, -0.2) is 0 Å². The highest BCUT2D eigenvalue weighted by atomic mass is 14.9. The normalized spacial score (nSPS) is 42.4. The SMILES string of the molecule is CC1CC1CNCC1(C)CCCNC1. The van der Waals surface area contributed by atoms with Crippen LogP contribution >= 0.6 is 0 Å². The van der Waals surface area contributed by atoms with E-state index < -0.39 is 0 Å². The van der Waals surface area contributed by atoms with E-state index in [2.05, 4.69) is 24.5 Å². The maximum Gasteiger partial charge on any atom is 0.00174 e. The van der Waals surface area contributed by atoms with Gasteiger partial charge in [0.05, 0.1) is 0 Å². The number of rotatable bonds is 4. The third-order valence-electron chi connectivity index (χ3n) is 3.92. The number of piperidine rings is 1. The standard InChI is InChI=1S/C12H24N2/c1-10-6-11(10)7-14-9-12(2)4-3-5-13-8-12/h10-11,13-14H,3-9H2,1-2H3. The minimum Gasteiger partial charge on any atom is -0.316 e. The zero-order chi connectivity index (χ0) is 10.0. The van der Waals surface area contributed by atoms with Crippen LogP contribution < -0.4 is 10.6 Å². The van der Waals surface area contributed by atoms with Gasteiger partial charge in [-0.1, -0.05) is 13.8 Å². The van der Waals surface area contributed by atoms with E-state index in [4.69, 9.17) is 0 Å². The fourth-order valence-electron chi connectivity index (χ4n) is 2.51. The molecule has 0 radical (unpaired) electrons. The van der Waals surface area contributed by atoms with Crippen molar-refractivity contribution in [3.63, 3.8) is 0 Å². The van der Waals surface area contributed by atoms with Crippen LogP contribution in [0.2, 0.25) is 0 Å². The Hall–Kier alpha value is -0.0800. The fraction of sp³-hybridized carbons (Fsp3) is 1.00. The second kappa shape index (κ2) is 4.19. The first-order chi connectivity index (χ1) is 6.70. The highest BCUT2D eigenvalue weighted by Gasteiger charge is 2.33. The molecule has 0 bridgehead atoms. The molecule has 2 fully saturated rings. The van der Waals surface area contributed by atoms with E-state index in [1.165, 1.54) is 45.4 Å². The van der Waals surface area contributed by atoms with Gasteiger partial charge >= 0.3 is 0 Å². The van der Waals surface area contributed by atoms with E-state index in [9.17, 15) is 0 Å². The first-order valence-corrected chi connectivity index (χ1v) is 6.11. The van der Waals surface area contributed by atoms with E-state index in [0.717, 1.165) is 11.8 Å². The molecule has 82 valence electrons. The Bertz CT molecular complexity index is 185. The molecule has 2 rings (SSSR count). The quantitative estimate of drug-likeness (QED) is 0.714. The minimum absolute atomic E-state index is 0.510. The molecule has 0 amide bonds. The average Bonchev–Trinajstić information content (AvgIpc) is 2.83. The number of hydrogen-bond donors (Lipinski definition) is 2. The van der Waals surface area contributed by atoms with Gasteiger partial charge in [-0.05, 0) is 49.6 Å². The predicted molar refractivity (Wildman–Crippen MR) is 60.4 cm³/mol. The van der Waals surface area contributed by atoms with Gasteiger partial charge in [-0.2, -0.15) is 0 Å². The lowest BCUT2D eigenvalue weighted by Gasteiger charge is -2.34. The molecule has 1 aliphatic carbocycles. The molecule has 3 atom stereocenters. The summed E-state index contributed by atoms with van der Waals surface area (Å²) >= 11 is 0. The molecule has 1 saturated carbocycles. The van der Waals surface area contributed by atoms with Gasteiger partial charge in [0.25, 0.3) is 0 Å². The molecular formula is C12H24N2. The Morgan fingerprint density at radius 2 is 2.29 bits per heavy atom. The molecule has 2 nitrogen and oxygen atoms in total. The van der Waals surface area contributed by atoms with Crippen LogP contribution in [0, 0.1) is 17.3 Å². The van der Waals surface area contributed by atoms with Crippen molar-refractivity contribution >= 4 is 0 Å². The lowest BCUT2D eigenvalue weighted by Crippen LogP contribution is -2.44. The molecule has 14 heavy (non-hydrogen) atoms. The maximum atomic E-state index is 3.65. The van der Waals surface area contributed by atoms with E-state index in [0.29, 0.717) is 5.41 Å². The highest BCUT2D eigenvalue weighted by Crippen LogP contribution is 2.37. The topological polar surface area (TPSA) is 24.1 Å². The van der Waals surface area contributed by atoms with Crippen molar-refractivity contribution in [2.75, 3.05) is 26.2 Å². The van der Waals surface area contributed by atoms with Crippen molar-refractivity contribution in [1.82, 2.24) is 10.6 Å².